The molecule has 7 heteroatoms. The van der Waals surface area contributed by atoms with E-state index in [1.54, 1.807) is 18.2 Å². The Hall–Kier alpha value is -1.92. The first kappa shape index (κ1) is 15.5. The maximum atomic E-state index is 12.9. The van der Waals surface area contributed by atoms with Crippen molar-refractivity contribution in [2.45, 2.75) is 0 Å². The summed E-state index contributed by atoms with van der Waals surface area (Å²) in [5.41, 5.74) is 4.90. The summed E-state index contributed by atoms with van der Waals surface area (Å²) in [4.78, 5) is 23.7. The number of halogens is 3. The van der Waals surface area contributed by atoms with E-state index in [1.165, 1.54) is 12.1 Å². The van der Waals surface area contributed by atoms with Crippen LogP contribution in [0, 0.1) is 5.82 Å². The number of hydrogen-bond acceptors (Lipinski definition) is 2. The van der Waals surface area contributed by atoms with Crippen LogP contribution in [0.1, 0.15) is 20.7 Å². The predicted molar refractivity (Wildman–Crippen MR) is 80.5 cm³/mol. The van der Waals surface area contributed by atoms with E-state index in [-0.39, 0.29) is 20.6 Å². The first-order chi connectivity index (χ1) is 9.99. The molecule has 0 heterocycles. The van der Waals surface area contributed by atoms with Crippen LogP contribution in [0.5, 0.6) is 0 Å². The van der Waals surface area contributed by atoms with Crippen LogP contribution in [-0.2, 0) is 0 Å². The Morgan fingerprint density at radius 2 is 1.62 bits per heavy atom. The van der Waals surface area contributed by atoms with Gasteiger partial charge in [0.15, 0.2) is 0 Å². The molecular formula is C14H9BrClFN2O2. The van der Waals surface area contributed by atoms with Gasteiger partial charge in [-0.05, 0) is 46.3 Å². The summed E-state index contributed by atoms with van der Waals surface area (Å²) in [7, 11) is 0. The van der Waals surface area contributed by atoms with Gasteiger partial charge in [-0.1, -0.05) is 23.7 Å². The van der Waals surface area contributed by atoms with Crippen LogP contribution in [-0.4, -0.2) is 11.8 Å². The van der Waals surface area contributed by atoms with Gasteiger partial charge in [0.25, 0.3) is 11.8 Å². The fourth-order valence-electron chi connectivity index (χ4n) is 1.57. The molecule has 4 nitrogen and oxygen atoms in total. The molecular weight excluding hydrogens is 363 g/mol. The Morgan fingerprint density at radius 3 is 2.24 bits per heavy atom. The number of hydrazine groups is 1. The molecule has 0 aliphatic heterocycles. The zero-order valence-electron chi connectivity index (χ0n) is 10.5. The second-order valence-corrected chi connectivity index (χ2v) is 5.27. The average molecular weight is 372 g/mol. The Balaban J connectivity index is 2.04. The number of amides is 2. The van der Waals surface area contributed by atoms with Crippen molar-refractivity contribution in [1.82, 2.24) is 10.9 Å². The third-order valence-corrected chi connectivity index (χ3v) is 3.57. The Labute approximate surface area is 133 Å². The summed E-state index contributed by atoms with van der Waals surface area (Å²) < 4.78 is 13.2. The molecule has 0 aliphatic rings. The summed E-state index contributed by atoms with van der Waals surface area (Å²) in [5, 5.41) is 0.271. The Morgan fingerprint density at radius 1 is 1.00 bits per heavy atom. The van der Waals surface area contributed by atoms with E-state index in [0.717, 1.165) is 12.1 Å². The van der Waals surface area contributed by atoms with Crippen LogP contribution in [0.4, 0.5) is 4.39 Å². The quantitative estimate of drug-likeness (QED) is 0.796. The minimum absolute atomic E-state index is 0.191. The molecule has 0 unspecified atom stereocenters. The van der Waals surface area contributed by atoms with Crippen molar-refractivity contribution in [2.75, 3.05) is 0 Å². The lowest BCUT2D eigenvalue weighted by atomic mass is 10.2. The molecule has 0 saturated heterocycles. The monoisotopic (exact) mass is 370 g/mol. The van der Waals surface area contributed by atoms with Gasteiger partial charge >= 0.3 is 0 Å². The molecule has 2 rings (SSSR count). The van der Waals surface area contributed by atoms with Crippen LogP contribution in [0.3, 0.4) is 0 Å². The summed E-state index contributed by atoms with van der Waals surface area (Å²) in [5.74, 6) is -1.60. The molecule has 2 aromatic carbocycles. The number of nitrogens with one attached hydrogen (secondary N) is 2. The van der Waals surface area contributed by atoms with Crippen molar-refractivity contribution < 1.29 is 14.0 Å². The van der Waals surface area contributed by atoms with Crippen LogP contribution in [0.15, 0.2) is 46.9 Å². The van der Waals surface area contributed by atoms with E-state index in [4.69, 9.17) is 11.6 Å². The Bertz CT molecular complexity index is 709. The van der Waals surface area contributed by atoms with Crippen LogP contribution in [0.2, 0.25) is 5.02 Å². The van der Waals surface area contributed by atoms with Gasteiger partial charge in [-0.25, -0.2) is 4.39 Å². The predicted octanol–water partition coefficient (Wildman–Crippen LogP) is 3.32. The zero-order valence-corrected chi connectivity index (χ0v) is 12.8. The van der Waals surface area contributed by atoms with Crippen molar-refractivity contribution >= 4 is 39.3 Å². The van der Waals surface area contributed by atoms with Gasteiger partial charge in [-0.15, -0.1) is 0 Å². The van der Waals surface area contributed by atoms with Gasteiger partial charge in [0.05, 0.1) is 16.1 Å². The van der Waals surface area contributed by atoms with E-state index >= 15 is 0 Å². The summed E-state index contributed by atoms with van der Waals surface area (Å²) in [6.07, 6.45) is 0. The van der Waals surface area contributed by atoms with Gasteiger partial charge in [-0.3, -0.25) is 20.4 Å². The third kappa shape index (κ3) is 3.80. The van der Waals surface area contributed by atoms with E-state index < -0.39 is 17.6 Å². The van der Waals surface area contributed by atoms with Gasteiger partial charge in [0.2, 0.25) is 0 Å². The molecule has 0 aromatic heterocycles. The molecule has 21 heavy (non-hydrogen) atoms. The van der Waals surface area contributed by atoms with Crippen molar-refractivity contribution in [3.05, 3.63) is 68.9 Å². The molecule has 0 atom stereocenters. The van der Waals surface area contributed by atoms with Crippen molar-refractivity contribution in [3.63, 3.8) is 0 Å². The molecule has 2 aromatic rings. The summed E-state index contributed by atoms with van der Waals surface area (Å²) in [6.45, 7) is 0. The second kappa shape index (κ2) is 6.69. The number of rotatable bonds is 2. The van der Waals surface area contributed by atoms with Crippen molar-refractivity contribution in [1.29, 1.82) is 0 Å². The van der Waals surface area contributed by atoms with Crippen LogP contribution < -0.4 is 10.9 Å². The molecule has 0 aliphatic carbocycles. The minimum atomic E-state index is -0.581. The largest absolute Gasteiger partial charge is 0.271 e. The van der Waals surface area contributed by atoms with Gasteiger partial charge in [-0.2, -0.15) is 0 Å². The lowest BCUT2D eigenvalue weighted by Crippen LogP contribution is -2.41. The van der Waals surface area contributed by atoms with E-state index in [1.807, 2.05) is 0 Å². The van der Waals surface area contributed by atoms with Crippen LogP contribution in [0.25, 0.3) is 0 Å². The highest BCUT2D eigenvalue weighted by Crippen LogP contribution is 2.18. The molecule has 0 saturated carbocycles. The topological polar surface area (TPSA) is 58.2 Å². The Kier molecular flexibility index (Phi) is 4.93. The fraction of sp³-hybridized carbons (Fsp3) is 0. The third-order valence-electron chi connectivity index (χ3n) is 2.58. The highest BCUT2D eigenvalue weighted by Gasteiger charge is 2.13. The number of carbonyl (C=O) groups excluding carboxylic acids is 2. The van der Waals surface area contributed by atoms with E-state index in [2.05, 4.69) is 26.8 Å². The molecule has 0 bridgehead atoms. The molecule has 0 fully saturated rings. The highest BCUT2D eigenvalue weighted by atomic mass is 79.9. The van der Waals surface area contributed by atoms with E-state index in [0.29, 0.717) is 0 Å². The summed E-state index contributed by atoms with van der Waals surface area (Å²) >= 11 is 8.95. The normalized spacial score (nSPS) is 10.0. The van der Waals surface area contributed by atoms with Gasteiger partial charge in [0, 0.05) is 4.47 Å². The highest BCUT2D eigenvalue weighted by molar-refractivity contribution is 9.10. The molecule has 0 radical (unpaired) electrons. The minimum Gasteiger partial charge on any atom is -0.267 e. The van der Waals surface area contributed by atoms with Crippen LogP contribution >= 0.6 is 27.5 Å². The maximum absolute atomic E-state index is 12.9. The zero-order chi connectivity index (χ0) is 15.4. The SMILES string of the molecule is O=C(NNC(=O)c1ccc(F)cc1Br)c1ccccc1Cl. The standard InChI is InChI=1S/C14H9BrClFN2O2/c15-11-7-8(17)5-6-9(11)13(20)18-19-14(21)10-3-1-2-4-12(10)16/h1-7H,(H,18,20)(H,19,21). The molecule has 2 amide bonds. The second-order valence-electron chi connectivity index (χ2n) is 4.01. The first-order valence-corrected chi connectivity index (χ1v) is 6.96. The molecule has 2 N–H and O–H groups in total. The molecule has 108 valence electrons. The summed E-state index contributed by atoms with van der Waals surface area (Å²) in [6, 6.07) is 10.0. The maximum Gasteiger partial charge on any atom is 0.271 e. The smallest absolute Gasteiger partial charge is 0.267 e. The number of hydrogen-bond donors (Lipinski definition) is 2. The average Bonchev–Trinajstić information content (AvgIpc) is 2.45. The number of benzene rings is 2. The van der Waals surface area contributed by atoms with Gasteiger partial charge < -0.3 is 0 Å². The lowest BCUT2D eigenvalue weighted by molar-refractivity contribution is 0.0846. The molecule has 0 spiro atoms. The van der Waals surface area contributed by atoms with Crippen molar-refractivity contribution in [2.24, 2.45) is 0 Å². The number of carbonyl (C=O) groups is 2. The lowest BCUT2D eigenvalue weighted by Gasteiger charge is -2.09. The fourth-order valence-corrected chi connectivity index (χ4v) is 2.32. The van der Waals surface area contributed by atoms with E-state index in [9.17, 15) is 14.0 Å². The van der Waals surface area contributed by atoms with Gasteiger partial charge in [0.1, 0.15) is 5.82 Å². The first-order valence-electron chi connectivity index (χ1n) is 5.79. The van der Waals surface area contributed by atoms with Crippen molar-refractivity contribution in [3.8, 4) is 0 Å².